The van der Waals surface area contributed by atoms with Gasteiger partial charge in [0.05, 0.1) is 0 Å². The Morgan fingerprint density at radius 1 is 0.880 bits per heavy atom. The second kappa shape index (κ2) is 7.13. The maximum absolute atomic E-state index is 11.3. The molecule has 0 radical (unpaired) electrons. The van der Waals surface area contributed by atoms with Crippen LogP contribution in [0.25, 0.3) is 0 Å². The number of nitrogens with zero attached hydrogens (tertiary/aromatic N) is 2. The van der Waals surface area contributed by atoms with Crippen LogP contribution < -0.4 is 10.6 Å². The molecule has 5 heteroatoms. The number of hydrogen-bond donors (Lipinski definition) is 2. The summed E-state index contributed by atoms with van der Waals surface area (Å²) in [6.07, 6.45) is 0. The van der Waals surface area contributed by atoms with Gasteiger partial charge in [-0.05, 0) is 62.7 Å². The van der Waals surface area contributed by atoms with Gasteiger partial charge in [-0.1, -0.05) is 12.1 Å². The van der Waals surface area contributed by atoms with E-state index in [1.807, 2.05) is 50.2 Å². The van der Waals surface area contributed by atoms with Gasteiger partial charge in [0.2, 0.25) is 5.95 Å². The number of carbonyl (C=O) groups excluding carboxylic acids is 1. The number of rotatable bonds is 5. The maximum Gasteiger partial charge on any atom is 0.229 e. The summed E-state index contributed by atoms with van der Waals surface area (Å²) >= 11 is 0. The molecule has 0 spiro atoms. The van der Waals surface area contributed by atoms with E-state index in [1.165, 1.54) is 5.56 Å². The molecule has 0 atom stereocenters. The molecule has 1 aromatic heterocycles. The fourth-order valence-corrected chi connectivity index (χ4v) is 2.48. The van der Waals surface area contributed by atoms with Crippen LogP contribution in [0.4, 0.5) is 23.1 Å². The van der Waals surface area contributed by atoms with Crippen LogP contribution in [-0.2, 0) is 0 Å². The van der Waals surface area contributed by atoms with Gasteiger partial charge in [0.1, 0.15) is 5.82 Å². The van der Waals surface area contributed by atoms with Crippen molar-refractivity contribution in [3.8, 4) is 0 Å². The van der Waals surface area contributed by atoms with E-state index in [9.17, 15) is 4.79 Å². The Hall–Kier alpha value is -3.21. The van der Waals surface area contributed by atoms with E-state index >= 15 is 0 Å². The highest BCUT2D eigenvalue weighted by Crippen LogP contribution is 2.20. The van der Waals surface area contributed by atoms with Crippen molar-refractivity contribution < 1.29 is 4.79 Å². The molecule has 25 heavy (non-hydrogen) atoms. The Morgan fingerprint density at radius 2 is 1.64 bits per heavy atom. The van der Waals surface area contributed by atoms with E-state index in [1.54, 1.807) is 19.1 Å². The smallest absolute Gasteiger partial charge is 0.229 e. The van der Waals surface area contributed by atoms with Crippen molar-refractivity contribution in [3.05, 3.63) is 71.4 Å². The van der Waals surface area contributed by atoms with Crippen LogP contribution in [0.2, 0.25) is 0 Å². The van der Waals surface area contributed by atoms with Crippen LogP contribution in [0, 0.1) is 13.8 Å². The molecule has 3 aromatic rings. The van der Waals surface area contributed by atoms with Crippen molar-refractivity contribution in [2.75, 3.05) is 10.6 Å². The Morgan fingerprint density at radius 3 is 2.32 bits per heavy atom. The zero-order chi connectivity index (χ0) is 17.8. The van der Waals surface area contributed by atoms with Crippen LogP contribution in [0.1, 0.15) is 28.5 Å². The standard InChI is InChI=1S/C20H20N4O/c1-13-5-4-6-18(11-13)22-19-12-14(2)21-20(24-19)23-17-9-7-16(8-10-17)15(3)25/h4-12H,1-3H3,(H2,21,22,23,24). The highest BCUT2D eigenvalue weighted by molar-refractivity contribution is 5.94. The van der Waals surface area contributed by atoms with Gasteiger partial charge in [-0.15, -0.1) is 0 Å². The molecule has 0 aliphatic heterocycles. The number of Topliss-reactive ketones (excluding diaryl/α,β-unsaturated/α-hetero) is 1. The lowest BCUT2D eigenvalue weighted by atomic mass is 10.1. The molecule has 0 saturated heterocycles. The van der Waals surface area contributed by atoms with Crippen molar-refractivity contribution in [3.63, 3.8) is 0 Å². The number of aromatic nitrogens is 2. The fraction of sp³-hybridized carbons (Fsp3) is 0.150. The monoisotopic (exact) mass is 332 g/mol. The summed E-state index contributed by atoms with van der Waals surface area (Å²) in [6, 6.07) is 17.3. The molecule has 0 amide bonds. The third-order valence-corrected chi connectivity index (χ3v) is 3.69. The molecule has 126 valence electrons. The zero-order valence-corrected chi connectivity index (χ0v) is 14.5. The summed E-state index contributed by atoms with van der Waals surface area (Å²) in [5, 5.41) is 6.47. The number of hydrogen-bond acceptors (Lipinski definition) is 5. The molecule has 0 bridgehead atoms. The highest BCUT2D eigenvalue weighted by atomic mass is 16.1. The van der Waals surface area contributed by atoms with Crippen molar-refractivity contribution in [1.82, 2.24) is 9.97 Å². The largest absolute Gasteiger partial charge is 0.340 e. The third-order valence-electron chi connectivity index (χ3n) is 3.69. The van der Waals surface area contributed by atoms with E-state index in [0.717, 1.165) is 22.9 Å². The molecule has 0 fully saturated rings. The first-order valence-electron chi connectivity index (χ1n) is 8.07. The van der Waals surface area contributed by atoms with E-state index in [2.05, 4.69) is 26.7 Å². The Kier molecular flexibility index (Phi) is 4.75. The summed E-state index contributed by atoms with van der Waals surface area (Å²) < 4.78 is 0. The predicted molar refractivity (Wildman–Crippen MR) is 101 cm³/mol. The minimum absolute atomic E-state index is 0.0444. The van der Waals surface area contributed by atoms with Gasteiger partial charge in [-0.3, -0.25) is 4.79 Å². The number of anilines is 4. The molecule has 2 N–H and O–H groups in total. The van der Waals surface area contributed by atoms with Gasteiger partial charge in [-0.25, -0.2) is 4.98 Å². The highest BCUT2D eigenvalue weighted by Gasteiger charge is 2.05. The van der Waals surface area contributed by atoms with Crippen LogP contribution in [0.15, 0.2) is 54.6 Å². The number of benzene rings is 2. The van der Waals surface area contributed by atoms with Gasteiger partial charge < -0.3 is 10.6 Å². The Balaban J connectivity index is 1.80. The lowest BCUT2D eigenvalue weighted by Gasteiger charge is -2.10. The molecule has 0 aliphatic rings. The molecular weight excluding hydrogens is 312 g/mol. The predicted octanol–water partition coefficient (Wildman–Crippen LogP) is 4.78. The van der Waals surface area contributed by atoms with Gasteiger partial charge in [0.15, 0.2) is 5.78 Å². The van der Waals surface area contributed by atoms with Gasteiger partial charge in [0.25, 0.3) is 0 Å². The first-order valence-corrected chi connectivity index (χ1v) is 8.07. The average molecular weight is 332 g/mol. The maximum atomic E-state index is 11.3. The minimum Gasteiger partial charge on any atom is -0.340 e. The van der Waals surface area contributed by atoms with Crippen LogP contribution in [0.5, 0.6) is 0 Å². The molecular formula is C20H20N4O. The molecule has 3 rings (SSSR count). The van der Waals surface area contributed by atoms with Crippen LogP contribution >= 0.6 is 0 Å². The number of ketones is 1. The zero-order valence-electron chi connectivity index (χ0n) is 14.5. The molecule has 1 heterocycles. The second-order valence-electron chi connectivity index (χ2n) is 5.97. The second-order valence-corrected chi connectivity index (χ2v) is 5.97. The Labute approximate surface area is 147 Å². The van der Waals surface area contributed by atoms with E-state index in [4.69, 9.17) is 0 Å². The van der Waals surface area contributed by atoms with E-state index in [-0.39, 0.29) is 5.78 Å². The summed E-state index contributed by atoms with van der Waals surface area (Å²) in [6.45, 7) is 5.52. The van der Waals surface area contributed by atoms with Crippen molar-refractivity contribution in [2.45, 2.75) is 20.8 Å². The first-order chi connectivity index (χ1) is 12.0. The van der Waals surface area contributed by atoms with Crippen molar-refractivity contribution >= 4 is 28.9 Å². The number of aryl methyl sites for hydroxylation is 2. The lowest BCUT2D eigenvalue weighted by molar-refractivity contribution is 0.101. The SMILES string of the molecule is CC(=O)c1ccc(Nc2nc(C)cc(Nc3cccc(C)c3)n2)cc1. The van der Waals surface area contributed by atoms with Crippen LogP contribution in [0.3, 0.4) is 0 Å². The van der Waals surface area contributed by atoms with Crippen molar-refractivity contribution in [1.29, 1.82) is 0 Å². The van der Waals surface area contributed by atoms with Gasteiger partial charge >= 0.3 is 0 Å². The third kappa shape index (κ3) is 4.41. The van der Waals surface area contributed by atoms with E-state index < -0.39 is 0 Å². The quantitative estimate of drug-likeness (QED) is 0.658. The number of carbonyl (C=O) groups is 1. The Bertz CT molecular complexity index is 904. The topological polar surface area (TPSA) is 66.9 Å². The van der Waals surface area contributed by atoms with Gasteiger partial charge in [0, 0.05) is 28.7 Å². The molecule has 0 saturated carbocycles. The minimum atomic E-state index is 0.0444. The average Bonchev–Trinajstić information content (AvgIpc) is 2.54. The molecule has 0 unspecified atom stereocenters. The molecule has 5 nitrogen and oxygen atoms in total. The van der Waals surface area contributed by atoms with Crippen molar-refractivity contribution in [2.24, 2.45) is 0 Å². The number of nitrogens with one attached hydrogen (secondary N) is 2. The summed E-state index contributed by atoms with van der Waals surface area (Å²) in [5.41, 5.74) is 4.53. The molecule has 0 aliphatic carbocycles. The lowest BCUT2D eigenvalue weighted by Crippen LogP contribution is -2.02. The molecule has 2 aromatic carbocycles. The normalized spacial score (nSPS) is 10.4. The summed E-state index contributed by atoms with van der Waals surface area (Å²) in [5.74, 6) is 1.27. The van der Waals surface area contributed by atoms with Crippen LogP contribution in [-0.4, -0.2) is 15.8 Å². The fourth-order valence-electron chi connectivity index (χ4n) is 2.48. The summed E-state index contributed by atoms with van der Waals surface area (Å²) in [7, 11) is 0. The van der Waals surface area contributed by atoms with Gasteiger partial charge in [-0.2, -0.15) is 4.98 Å². The first kappa shape index (κ1) is 16.6. The van der Waals surface area contributed by atoms with E-state index in [0.29, 0.717) is 11.5 Å². The summed E-state index contributed by atoms with van der Waals surface area (Å²) in [4.78, 5) is 20.3.